The van der Waals surface area contributed by atoms with Crippen LogP contribution in [0.15, 0.2) is 78.0 Å². The summed E-state index contributed by atoms with van der Waals surface area (Å²) in [7, 11) is 1.67. The Morgan fingerprint density at radius 2 is 1.95 bits per heavy atom. The van der Waals surface area contributed by atoms with Crippen LogP contribution in [0.5, 0.6) is 0 Å². The third-order valence-electron chi connectivity index (χ3n) is 6.55. The van der Waals surface area contributed by atoms with Crippen molar-refractivity contribution in [2.75, 3.05) is 12.4 Å². The number of carbonyl (C=O) groups is 1. The summed E-state index contributed by atoms with van der Waals surface area (Å²) < 4.78 is 15.6. The van der Waals surface area contributed by atoms with Crippen molar-refractivity contribution in [1.29, 1.82) is 0 Å². The molecule has 9 heteroatoms. The Hall–Kier alpha value is -4.63. The highest BCUT2D eigenvalue weighted by Crippen LogP contribution is 2.24. The minimum Gasteiger partial charge on any atom is -0.319 e. The van der Waals surface area contributed by atoms with E-state index < -0.39 is 11.6 Å². The van der Waals surface area contributed by atoms with Gasteiger partial charge in [-0.3, -0.25) is 14.6 Å². The molecule has 5 rings (SSSR count). The Balaban J connectivity index is 1.57. The summed E-state index contributed by atoms with van der Waals surface area (Å²) in [4.78, 5) is 37.9. The number of benzene rings is 2. The van der Waals surface area contributed by atoms with Crippen LogP contribution in [0.3, 0.4) is 0 Å². The molecule has 2 aromatic carbocycles. The Bertz CT molecular complexity index is 1710. The van der Waals surface area contributed by atoms with Crippen molar-refractivity contribution in [3.05, 3.63) is 106 Å². The lowest BCUT2D eigenvalue weighted by Crippen LogP contribution is -2.37. The lowest BCUT2D eigenvalue weighted by Gasteiger charge is -2.15. The van der Waals surface area contributed by atoms with E-state index in [1.807, 2.05) is 54.1 Å². The van der Waals surface area contributed by atoms with Crippen LogP contribution >= 0.6 is 0 Å². The molecule has 192 valence electrons. The van der Waals surface area contributed by atoms with Crippen LogP contribution in [0.4, 0.5) is 10.1 Å². The topological polar surface area (TPSA) is 105 Å². The number of halogens is 1. The monoisotopic (exact) mass is 510 g/mol. The Morgan fingerprint density at radius 3 is 2.74 bits per heavy atom. The number of fused-ring (bicyclic) bond motifs is 1. The van der Waals surface area contributed by atoms with Crippen molar-refractivity contribution in [3.63, 3.8) is 0 Å². The first-order valence-corrected chi connectivity index (χ1v) is 12.2. The summed E-state index contributed by atoms with van der Waals surface area (Å²) in [6.45, 7) is 3.65. The van der Waals surface area contributed by atoms with E-state index in [1.165, 1.54) is 12.1 Å². The number of nitrogens with one attached hydrogen (secondary N) is 3. The summed E-state index contributed by atoms with van der Waals surface area (Å²) in [5.74, 6) is -0.220. The van der Waals surface area contributed by atoms with Crippen molar-refractivity contribution in [2.45, 2.75) is 26.3 Å². The summed E-state index contributed by atoms with van der Waals surface area (Å²) in [6, 6.07) is 15.5. The highest BCUT2D eigenvalue weighted by atomic mass is 19.1. The molecule has 0 aliphatic rings. The van der Waals surface area contributed by atoms with Gasteiger partial charge in [0.2, 0.25) is 5.91 Å². The Morgan fingerprint density at radius 1 is 1.13 bits per heavy atom. The molecule has 1 amide bonds. The van der Waals surface area contributed by atoms with Crippen LogP contribution in [-0.4, -0.2) is 38.5 Å². The van der Waals surface area contributed by atoms with E-state index in [9.17, 15) is 14.0 Å². The zero-order valence-electron chi connectivity index (χ0n) is 21.2. The summed E-state index contributed by atoms with van der Waals surface area (Å²) in [5, 5.41) is 6.40. The van der Waals surface area contributed by atoms with Gasteiger partial charge in [0.25, 0.3) is 5.56 Å². The molecule has 0 aliphatic carbocycles. The molecule has 0 spiro atoms. The second kappa shape index (κ2) is 10.4. The second-order valence-electron chi connectivity index (χ2n) is 9.17. The number of anilines is 1. The van der Waals surface area contributed by atoms with Crippen LogP contribution < -0.4 is 16.2 Å². The van der Waals surface area contributed by atoms with E-state index in [4.69, 9.17) is 4.98 Å². The van der Waals surface area contributed by atoms with E-state index in [0.717, 1.165) is 33.3 Å². The molecule has 0 radical (unpaired) electrons. The van der Waals surface area contributed by atoms with Crippen LogP contribution in [0.25, 0.3) is 28.0 Å². The van der Waals surface area contributed by atoms with Crippen molar-refractivity contribution in [3.8, 4) is 17.1 Å². The van der Waals surface area contributed by atoms with Gasteiger partial charge in [-0.15, -0.1) is 0 Å². The third-order valence-corrected chi connectivity index (χ3v) is 6.55. The number of aromatic nitrogens is 4. The maximum Gasteiger partial charge on any atom is 0.275 e. The molecule has 1 atom stereocenters. The molecule has 0 saturated heterocycles. The molecule has 3 aromatic heterocycles. The number of nitrogens with zero attached hydrogens (tertiary/aromatic N) is 3. The lowest BCUT2D eigenvalue weighted by atomic mass is 10.1. The first kappa shape index (κ1) is 25.0. The second-order valence-corrected chi connectivity index (χ2v) is 9.17. The number of amides is 1. The van der Waals surface area contributed by atoms with Gasteiger partial charge in [-0.25, -0.2) is 9.37 Å². The maximum atomic E-state index is 13.7. The minimum atomic E-state index is -0.504. The molecular formula is C29H27FN6O2. The number of H-pyrrole nitrogens is 1. The maximum absolute atomic E-state index is 13.7. The highest BCUT2D eigenvalue weighted by molar-refractivity contribution is 5.95. The molecule has 5 aromatic rings. The van der Waals surface area contributed by atoms with Gasteiger partial charge in [0.1, 0.15) is 17.3 Å². The Labute approximate surface area is 218 Å². The first-order chi connectivity index (χ1) is 18.3. The van der Waals surface area contributed by atoms with Crippen LogP contribution in [0.2, 0.25) is 0 Å². The molecule has 1 unspecified atom stereocenters. The van der Waals surface area contributed by atoms with Gasteiger partial charge in [0, 0.05) is 29.8 Å². The molecule has 0 fully saturated rings. The fourth-order valence-electron chi connectivity index (χ4n) is 4.34. The van der Waals surface area contributed by atoms with E-state index in [1.54, 1.807) is 32.4 Å². The van der Waals surface area contributed by atoms with E-state index in [0.29, 0.717) is 11.5 Å². The van der Waals surface area contributed by atoms with E-state index in [-0.39, 0.29) is 23.8 Å². The van der Waals surface area contributed by atoms with Crippen LogP contribution in [-0.2, 0) is 11.2 Å². The standard InChI is InChI=1S/C29H27FN6O2/c1-17-6-4-5-7-23(17)27-33-24(26(29(38)35-27)34-28(37)18(2)31-3)13-19-12-22(16-32-15-19)36-11-10-20-14-21(30)8-9-25(20)36/h4-12,14-16,18,31H,13H2,1-3H3,(H,34,37)(H,33,35,38). The SMILES string of the molecule is CNC(C)C(=O)Nc1c(Cc2cncc(-n3ccc4cc(F)ccc43)c2)nc(-c2ccccc2C)[nH]c1=O. The lowest BCUT2D eigenvalue weighted by molar-refractivity contribution is -0.117. The van der Waals surface area contributed by atoms with E-state index >= 15 is 0 Å². The third kappa shape index (κ3) is 4.96. The molecule has 0 aliphatic heterocycles. The van der Waals surface area contributed by atoms with Crippen LogP contribution in [0, 0.1) is 12.7 Å². The molecule has 3 heterocycles. The number of aryl methyl sites for hydroxylation is 1. The zero-order valence-corrected chi connectivity index (χ0v) is 21.2. The molecule has 3 N–H and O–H groups in total. The smallest absolute Gasteiger partial charge is 0.275 e. The highest BCUT2D eigenvalue weighted by Gasteiger charge is 2.19. The van der Waals surface area contributed by atoms with Gasteiger partial charge in [-0.1, -0.05) is 24.3 Å². The number of hydrogen-bond donors (Lipinski definition) is 3. The van der Waals surface area contributed by atoms with Gasteiger partial charge in [-0.05, 0) is 62.4 Å². The van der Waals surface area contributed by atoms with Gasteiger partial charge in [0.05, 0.1) is 29.1 Å². The number of rotatable bonds is 7. The molecule has 8 nitrogen and oxygen atoms in total. The van der Waals surface area contributed by atoms with Crippen molar-refractivity contribution < 1.29 is 9.18 Å². The molecule has 0 bridgehead atoms. The van der Waals surface area contributed by atoms with Crippen molar-refractivity contribution >= 4 is 22.5 Å². The van der Waals surface area contributed by atoms with E-state index in [2.05, 4.69) is 20.6 Å². The number of hydrogen-bond acceptors (Lipinski definition) is 5. The summed E-state index contributed by atoms with van der Waals surface area (Å²) in [5.41, 5.74) is 4.25. The van der Waals surface area contributed by atoms with Crippen molar-refractivity contribution in [2.24, 2.45) is 0 Å². The van der Waals surface area contributed by atoms with Gasteiger partial charge in [0.15, 0.2) is 0 Å². The normalized spacial score (nSPS) is 12.0. The Kier molecular flexibility index (Phi) is 6.85. The van der Waals surface area contributed by atoms with Crippen molar-refractivity contribution in [1.82, 2.24) is 24.8 Å². The molecule has 38 heavy (non-hydrogen) atoms. The number of carbonyl (C=O) groups excluding carboxylic acids is 1. The molecule has 0 saturated carbocycles. The quantitative estimate of drug-likeness (QED) is 0.302. The fraction of sp³-hybridized carbons (Fsp3) is 0.172. The predicted octanol–water partition coefficient (Wildman–Crippen LogP) is 4.36. The number of pyridine rings is 1. The first-order valence-electron chi connectivity index (χ1n) is 12.2. The summed E-state index contributed by atoms with van der Waals surface area (Å²) >= 11 is 0. The summed E-state index contributed by atoms with van der Waals surface area (Å²) in [6.07, 6.45) is 5.53. The van der Waals surface area contributed by atoms with Crippen LogP contribution in [0.1, 0.15) is 23.7 Å². The fourth-order valence-corrected chi connectivity index (χ4v) is 4.34. The average Bonchev–Trinajstić information content (AvgIpc) is 3.33. The minimum absolute atomic E-state index is 0.0988. The average molecular weight is 511 g/mol. The largest absolute Gasteiger partial charge is 0.319 e. The van der Waals surface area contributed by atoms with Gasteiger partial charge in [-0.2, -0.15) is 0 Å². The number of likely N-dealkylation sites (N-methyl/N-ethyl adjacent to an activating group) is 1. The van der Waals surface area contributed by atoms with Gasteiger partial charge < -0.3 is 20.2 Å². The van der Waals surface area contributed by atoms with Gasteiger partial charge >= 0.3 is 0 Å². The molecular weight excluding hydrogens is 483 g/mol. The predicted molar refractivity (Wildman–Crippen MR) is 146 cm³/mol. The zero-order chi connectivity index (χ0) is 26.8. The number of aromatic amines is 1.